The van der Waals surface area contributed by atoms with Crippen molar-refractivity contribution < 1.29 is 9.53 Å². The summed E-state index contributed by atoms with van der Waals surface area (Å²) in [6.07, 6.45) is 8.13. The van der Waals surface area contributed by atoms with Crippen LogP contribution in [0.25, 0.3) is 0 Å². The molecule has 0 saturated heterocycles. The molecule has 0 spiro atoms. The number of hydrogen-bond donors (Lipinski definition) is 0. The number of hydrogen-bond acceptors (Lipinski definition) is 2. The maximum atomic E-state index is 11.2. The third-order valence-electron chi connectivity index (χ3n) is 3.65. The van der Waals surface area contributed by atoms with Crippen molar-refractivity contribution in [2.75, 3.05) is 0 Å². The average molecular weight is 250 g/mol. The van der Waals surface area contributed by atoms with E-state index in [4.69, 9.17) is 4.74 Å². The summed E-state index contributed by atoms with van der Waals surface area (Å²) < 4.78 is 5.29. The smallest absolute Gasteiger partial charge is 0.305 e. The zero-order valence-electron chi connectivity index (χ0n) is 12.4. The summed E-state index contributed by atoms with van der Waals surface area (Å²) in [4.78, 5) is 11.2. The summed E-state index contributed by atoms with van der Waals surface area (Å²) >= 11 is 0. The van der Waals surface area contributed by atoms with Crippen LogP contribution in [0.3, 0.4) is 0 Å². The van der Waals surface area contributed by atoms with Gasteiger partial charge in [-0.05, 0) is 37.7 Å². The molecule has 0 bridgehead atoms. The summed E-state index contributed by atoms with van der Waals surface area (Å²) in [7, 11) is 0. The van der Waals surface area contributed by atoms with Gasteiger partial charge in [0.1, 0.15) is 6.10 Å². The van der Waals surface area contributed by atoms with Gasteiger partial charge in [-0.3, -0.25) is 4.79 Å². The maximum absolute atomic E-state index is 11.2. The van der Waals surface area contributed by atoms with E-state index in [0.29, 0.717) is 6.42 Å². The van der Waals surface area contributed by atoms with Gasteiger partial charge in [0.25, 0.3) is 0 Å². The van der Waals surface area contributed by atoms with Gasteiger partial charge in [0, 0.05) is 12.8 Å². The number of carbonyl (C=O) groups excluding carboxylic acids is 1. The zero-order chi connectivity index (χ0) is 13.8. The number of allylic oxidation sites excluding steroid dienone is 3. The lowest BCUT2D eigenvalue weighted by atomic mass is 9.73. The van der Waals surface area contributed by atoms with E-state index >= 15 is 0 Å². The molecule has 1 aliphatic rings. The molecule has 0 saturated carbocycles. The molecule has 1 aliphatic carbocycles. The first-order valence-electron chi connectivity index (χ1n) is 6.94. The molecule has 0 aromatic heterocycles. The molecule has 1 atom stereocenters. The van der Waals surface area contributed by atoms with Gasteiger partial charge < -0.3 is 4.74 Å². The summed E-state index contributed by atoms with van der Waals surface area (Å²) in [6.45, 7) is 10.5. The van der Waals surface area contributed by atoms with Crippen LogP contribution in [0, 0.1) is 5.41 Å². The molecular formula is C16H26O2. The van der Waals surface area contributed by atoms with Crippen LogP contribution in [0.5, 0.6) is 0 Å². The Morgan fingerprint density at radius 1 is 1.56 bits per heavy atom. The fourth-order valence-electron chi connectivity index (χ4n) is 2.50. The van der Waals surface area contributed by atoms with Crippen molar-refractivity contribution in [2.24, 2.45) is 5.41 Å². The van der Waals surface area contributed by atoms with Crippen molar-refractivity contribution in [3.63, 3.8) is 0 Å². The van der Waals surface area contributed by atoms with Gasteiger partial charge in [0.05, 0.1) is 0 Å². The Labute approximate surface area is 111 Å². The third-order valence-corrected chi connectivity index (χ3v) is 3.65. The van der Waals surface area contributed by atoms with Crippen LogP contribution in [0.1, 0.15) is 60.3 Å². The van der Waals surface area contributed by atoms with Crippen molar-refractivity contribution in [2.45, 2.75) is 66.4 Å². The Bertz CT molecular complexity index is 361. The van der Waals surface area contributed by atoms with Crippen LogP contribution in [0.4, 0.5) is 0 Å². The molecule has 0 aromatic rings. The predicted molar refractivity (Wildman–Crippen MR) is 75.3 cm³/mol. The molecule has 18 heavy (non-hydrogen) atoms. The first kappa shape index (κ1) is 15.0. The second-order valence-corrected chi connectivity index (χ2v) is 5.82. The summed E-state index contributed by atoms with van der Waals surface area (Å²) in [6, 6.07) is 0. The van der Waals surface area contributed by atoms with Crippen LogP contribution in [0.2, 0.25) is 0 Å². The largest absolute Gasteiger partial charge is 0.462 e. The minimum Gasteiger partial charge on any atom is -0.462 e. The topological polar surface area (TPSA) is 26.3 Å². The average Bonchev–Trinajstić information content (AvgIpc) is 2.27. The van der Waals surface area contributed by atoms with E-state index < -0.39 is 0 Å². The van der Waals surface area contributed by atoms with Crippen molar-refractivity contribution >= 4 is 5.97 Å². The van der Waals surface area contributed by atoms with Gasteiger partial charge in [-0.2, -0.15) is 0 Å². The SMILES string of the molecule is CCC(=O)O[C@H](C)CC=C1C(C)=CCCC1(C)C. The normalized spacial score (nSPS) is 22.5. The first-order chi connectivity index (χ1) is 8.36. The van der Waals surface area contributed by atoms with Crippen LogP contribution in [0.15, 0.2) is 23.3 Å². The van der Waals surface area contributed by atoms with Gasteiger partial charge in [-0.15, -0.1) is 0 Å². The lowest BCUT2D eigenvalue weighted by Crippen LogP contribution is -2.20. The predicted octanol–water partition coefficient (Wildman–Crippen LogP) is 4.41. The maximum Gasteiger partial charge on any atom is 0.305 e. The number of esters is 1. The minimum absolute atomic E-state index is 0.0320. The van der Waals surface area contributed by atoms with Gasteiger partial charge in [0.15, 0.2) is 0 Å². The molecule has 0 aromatic carbocycles. The lowest BCUT2D eigenvalue weighted by molar-refractivity contribution is -0.147. The molecule has 0 aliphatic heterocycles. The Balaban J connectivity index is 2.67. The highest BCUT2D eigenvalue weighted by Crippen LogP contribution is 2.40. The zero-order valence-corrected chi connectivity index (χ0v) is 12.4. The van der Waals surface area contributed by atoms with Crippen molar-refractivity contribution in [3.05, 3.63) is 23.3 Å². The molecule has 0 unspecified atom stereocenters. The standard InChI is InChI=1S/C16H26O2/c1-6-15(17)18-13(3)9-10-14-12(2)8-7-11-16(14,4)5/h8,10,13H,6-7,9,11H2,1-5H3/t13-/m1/s1. The van der Waals surface area contributed by atoms with Crippen molar-refractivity contribution in [3.8, 4) is 0 Å². The Hall–Kier alpha value is -1.05. The van der Waals surface area contributed by atoms with E-state index in [1.54, 1.807) is 0 Å². The second kappa shape index (κ2) is 6.21. The quantitative estimate of drug-likeness (QED) is 0.691. The van der Waals surface area contributed by atoms with Gasteiger partial charge in [0.2, 0.25) is 0 Å². The Kier molecular flexibility index (Phi) is 5.18. The molecule has 0 radical (unpaired) electrons. The van der Waals surface area contributed by atoms with Gasteiger partial charge in [-0.25, -0.2) is 0 Å². The summed E-state index contributed by atoms with van der Waals surface area (Å²) in [5.74, 6) is -0.115. The van der Waals surface area contributed by atoms with Crippen LogP contribution in [-0.2, 0) is 9.53 Å². The van der Waals surface area contributed by atoms with Crippen LogP contribution in [-0.4, -0.2) is 12.1 Å². The molecule has 0 fully saturated rings. The van der Waals surface area contributed by atoms with E-state index in [1.807, 2.05) is 13.8 Å². The third kappa shape index (κ3) is 4.01. The van der Waals surface area contributed by atoms with E-state index in [0.717, 1.165) is 12.8 Å². The van der Waals surface area contributed by atoms with Gasteiger partial charge in [-0.1, -0.05) is 38.5 Å². The molecule has 0 N–H and O–H groups in total. The lowest BCUT2D eigenvalue weighted by Gasteiger charge is -2.32. The fourth-order valence-corrected chi connectivity index (χ4v) is 2.50. The van der Waals surface area contributed by atoms with Crippen molar-refractivity contribution in [1.82, 2.24) is 0 Å². The summed E-state index contributed by atoms with van der Waals surface area (Å²) in [5.41, 5.74) is 3.03. The first-order valence-corrected chi connectivity index (χ1v) is 6.94. The minimum atomic E-state index is -0.115. The van der Waals surface area contributed by atoms with Crippen LogP contribution >= 0.6 is 0 Å². The number of rotatable bonds is 4. The molecule has 2 nitrogen and oxygen atoms in total. The number of carbonyl (C=O) groups is 1. The van der Waals surface area contributed by atoms with Crippen molar-refractivity contribution in [1.29, 1.82) is 0 Å². The molecule has 102 valence electrons. The Morgan fingerprint density at radius 2 is 2.22 bits per heavy atom. The fraction of sp³-hybridized carbons (Fsp3) is 0.688. The van der Waals surface area contributed by atoms with E-state index in [-0.39, 0.29) is 17.5 Å². The second-order valence-electron chi connectivity index (χ2n) is 5.82. The monoisotopic (exact) mass is 250 g/mol. The van der Waals surface area contributed by atoms with Gasteiger partial charge >= 0.3 is 5.97 Å². The van der Waals surface area contributed by atoms with E-state index in [1.165, 1.54) is 17.6 Å². The molecule has 2 heteroatoms. The van der Waals surface area contributed by atoms with E-state index in [9.17, 15) is 4.79 Å². The highest BCUT2D eigenvalue weighted by molar-refractivity contribution is 5.69. The highest BCUT2D eigenvalue weighted by Gasteiger charge is 2.26. The molecule has 1 rings (SSSR count). The summed E-state index contributed by atoms with van der Waals surface area (Å²) in [5, 5.41) is 0. The molecular weight excluding hydrogens is 224 g/mol. The molecule has 0 heterocycles. The molecule has 0 amide bonds. The Morgan fingerprint density at radius 3 is 2.78 bits per heavy atom. The number of ether oxygens (including phenoxy) is 1. The van der Waals surface area contributed by atoms with E-state index in [2.05, 4.69) is 32.9 Å². The van der Waals surface area contributed by atoms with Crippen LogP contribution < -0.4 is 0 Å². The highest BCUT2D eigenvalue weighted by atomic mass is 16.5.